The molecular weight excluding hydrogens is 190 g/mol. The van der Waals surface area contributed by atoms with Gasteiger partial charge >= 0.3 is 0 Å². The van der Waals surface area contributed by atoms with Gasteiger partial charge in [0.15, 0.2) is 0 Å². The second-order valence-corrected chi connectivity index (χ2v) is 4.91. The van der Waals surface area contributed by atoms with Crippen LogP contribution in [-0.4, -0.2) is 38.5 Å². The monoisotopic (exact) mass is 215 g/mol. The van der Waals surface area contributed by atoms with Gasteiger partial charge < -0.3 is 14.8 Å². The van der Waals surface area contributed by atoms with Gasteiger partial charge in [0.25, 0.3) is 0 Å². The van der Waals surface area contributed by atoms with E-state index in [-0.39, 0.29) is 0 Å². The van der Waals surface area contributed by atoms with Crippen LogP contribution in [0, 0.1) is 5.92 Å². The third-order valence-corrected chi connectivity index (χ3v) is 2.50. The molecule has 0 radical (unpaired) electrons. The van der Waals surface area contributed by atoms with Crippen molar-refractivity contribution in [2.45, 2.75) is 45.7 Å². The summed E-state index contributed by atoms with van der Waals surface area (Å²) < 4.78 is 11.0. The molecule has 2 unspecified atom stereocenters. The van der Waals surface area contributed by atoms with Gasteiger partial charge in [-0.1, -0.05) is 13.8 Å². The van der Waals surface area contributed by atoms with Crippen LogP contribution in [0.2, 0.25) is 0 Å². The molecule has 1 heterocycles. The summed E-state index contributed by atoms with van der Waals surface area (Å²) in [6.45, 7) is 9.96. The highest BCUT2D eigenvalue weighted by Crippen LogP contribution is 2.06. The molecule has 0 bridgehead atoms. The third kappa shape index (κ3) is 6.13. The molecule has 0 aromatic carbocycles. The molecule has 1 N–H and O–H groups in total. The van der Waals surface area contributed by atoms with Crippen molar-refractivity contribution in [2.75, 3.05) is 26.4 Å². The molecule has 0 aromatic heterocycles. The minimum atomic E-state index is 0.426. The lowest BCUT2D eigenvalue weighted by Crippen LogP contribution is -2.43. The molecule has 1 aliphatic heterocycles. The van der Waals surface area contributed by atoms with Gasteiger partial charge in [0.1, 0.15) is 0 Å². The molecule has 0 saturated carbocycles. The van der Waals surface area contributed by atoms with Crippen LogP contribution in [-0.2, 0) is 9.47 Å². The van der Waals surface area contributed by atoms with Crippen LogP contribution < -0.4 is 5.32 Å². The van der Waals surface area contributed by atoms with E-state index in [0.29, 0.717) is 18.0 Å². The van der Waals surface area contributed by atoms with E-state index in [9.17, 15) is 0 Å². The first kappa shape index (κ1) is 12.9. The Bertz CT molecular complexity index is 156. The van der Waals surface area contributed by atoms with Crippen molar-refractivity contribution >= 4 is 0 Å². The number of hydrogen-bond acceptors (Lipinski definition) is 3. The van der Waals surface area contributed by atoms with Crippen LogP contribution in [0.4, 0.5) is 0 Å². The van der Waals surface area contributed by atoms with E-state index in [1.54, 1.807) is 0 Å². The summed E-state index contributed by atoms with van der Waals surface area (Å²) in [4.78, 5) is 0. The Hall–Kier alpha value is -0.120. The average Bonchev–Trinajstić information content (AvgIpc) is 2.18. The van der Waals surface area contributed by atoms with Gasteiger partial charge in [-0.25, -0.2) is 0 Å². The molecule has 3 heteroatoms. The van der Waals surface area contributed by atoms with Crippen LogP contribution in [0.3, 0.4) is 0 Å². The zero-order chi connectivity index (χ0) is 11.1. The Kier molecular flexibility index (Phi) is 6.22. The van der Waals surface area contributed by atoms with Crippen LogP contribution in [0.5, 0.6) is 0 Å². The van der Waals surface area contributed by atoms with Crippen molar-refractivity contribution in [2.24, 2.45) is 5.92 Å². The van der Waals surface area contributed by atoms with Crippen molar-refractivity contribution in [3.05, 3.63) is 0 Å². The van der Waals surface area contributed by atoms with Crippen molar-refractivity contribution in [3.8, 4) is 0 Å². The van der Waals surface area contributed by atoms with E-state index >= 15 is 0 Å². The van der Waals surface area contributed by atoms with Gasteiger partial charge in [-0.2, -0.15) is 0 Å². The highest BCUT2D eigenvalue weighted by atomic mass is 16.5. The fraction of sp³-hybridized carbons (Fsp3) is 1.00. The molecule has 0 aliphatic carbocycles. The van der Waals surface area contributed by atoms with Crippen LogP contribution in [0.25, 0.3) is 0 Å². The van der Waals surface area contributed by atoms with E-state index in [4.69, 9.17) is 9.47 Å². The fourth-order valence-corrected chi connectivity index (χ4v) is 1.80. The highest BCUT2D eigenvalue weighted by molar-refractivity contribution is 4.73. The topological polar surface area (TPSA) is 30.5 Å². The minimum absolute atomic E-state index is 0.426. The van der Waals surface area contributed by atoms with Crippen molar-refractivity contribution in [3.63, 3.8) is 0 Å². The molecule has 1 saturated heterocycles. The van der Waals surface area contributed by atoms with E-state index in [1.165, 1.54) is 12.8 Å². The summed E-state index contributed by atoms with van der Waals surface area (Å²) in [6.07, 6.45) is 2.41. The lowest BCUT2D eigenvalue weighted by atomic mass is 10.1. The molecule has 1 fully saturated rings. The largest absolute Gasteiger partial charge is 0.380 e. The zero-order valence-corrected chi connectivity index (χ0v) is 10.3. The number of hydrogen-bond donors (Lipinski definition) is 1. The molecule has 1 rings (SSSR count). The summed E-state index contributed by atoms with van der Waals surface area (Å²) in [7, 11) is 0. The molecular formula is C12H25NO2. The van der Waals surface area contributed by atoms with Crippen LogP contribution >= 0.6 is 0 Å². The quantitative estimate of drug-likeness (QED) is 0.733. The van der Waals surface area contributed by atoms with E-state index < -0.39 is 0 Å². The first-order valence-corrected chi connectivity index (χ1v) is 6.10. The summed E-state index contributed by atoms with van der Waals surface area (Å²) in [5.74, 6) is 0.621. The summed E-state index contributed by atoms with van der Waals surface area (Å²) in [5, 5.41) is 3.54. The number of ether oxygens (including phenoxy) is 2. The predicted octanol–water partition coefficient (Wildman–Crippen LogP) is 1.82. The molecule has 0 aromatic rings. The lowest BCUT2D eigenvalue weighted by molar-refractivity contribution is 0.0518. The maximum Gasteiger partial charge on any atom is 0.0619 e. The maximum atomic E-state index is 5.60. The zero-order valence-electron chi connectivity index (χ0n) is 10.3. The maximum absolute atomic E-state index is 5.60. The normalized spacial score (nSPS) is 24.4. The minimum Gasteiger partial charge on any atom is -0.380 e. The van der Waals surface area contributed by atoms with Crippen LogP contribution in [0.15, 0.2) is 0 Å². The fourth-order valence-electron chi connectivity index (χ4n) is 1.80. The Morgan fingerprint density at radius 1 is 1.33 bits per heavy atom. The smallest absolute Gasteiger partial charge is 0.0619 e. The summed E-state index contributed by atoms with van der Waals surface area (Å²) in [5.41, 5.74) is 0. The molecule has 90 valence electrons. The van der Waals surface area contributed by atoms with Gasteiger partial charge in [0.05, 0.1) is 13.2 Å². The Labute approximate surface area is 93.5 Å². The molecule has 15 heavy (non-hydrogen) atoms. The van der Waals surface area contributed by atoms with Gasteiger partial charge in [-0.3, -0.25) is 0 Å². The Morgan fingerprint density at radius 3 is 2.73 bits per heavy atom. The van der Waals surface area contributed by atoms with Gasteiger partial charge in [0.2, 0.25) is 0 Å². The van der Waals surface area contributed by atoms with Gasteiger partial charge in [-0.15, -0.1) is 0 Å². The van der Waals surface area contributed by atoms with Crippen LogP contribution in [0.1, 0.15) is 33.6 Å². The average molecular weight is 215 g/mol. The first-order valence-electron chi connectivity index (χ1n) is 6.10. The number of rotatable bonds is 6. The first-order chi connectivity index (χ1) is 7.18. The molecule has 2 atom stereocenters. The second-order valence-electron chi connectivity index (χ2n) is 4.91. The van der Waals surface area contributed by atoms with E-state index in [0.717, 1.165) is 26.4 Å². The molecule has 3 nitrogen and oxygen atoms in total. The Balaban J connectivity index is 2.03. The van der Waals surface area contributed by atoms with Crippen molar-refractivity contribution < 1.29 is 9.47 Å². The Morgan fingerprint density at radius 2 is 2.13 bits per heavy atom. The standard InChI is InChI=1S/C12H25NO2/c1-10(2)7-15-8-11(3)13-12-5-4-6-14-9-12/h10-13H,4-9H2,1-3H3. The third-order valence-electron chi connectivity index (χ3n) is 2.50. The highest BCUT2D eigenvalue weighted by Gasteiger charge is 2.15. The van der Waals surface area contributed by atoms with Gasteiger partial charge in [0, 0.05) is 25.3 Å². The van der Waals surface area contributed by atoms with Crippen molar-refractivity contribution in [1.29, 1.82) is 0 Å². The molecule has 0 spiro atoms. The second kappa shape index (κ2) is 7.20. The molecule has 0 amide bonds. The summed E-state index contributed by atoms with van der Waals surface area (Å²) >= 11 is 0. The van der Waals surface area contributed by atoms with Crippen molar-refractivity contribution in [1.82, 2.24) is 5.32 Å². The number of nitrogens with one attached hydrogen (secondary N) is 1. The van der Waals surface area contributed by atoms with E-state index in [1.807, 2.05) is 0 Å². The predicted molar refractivity (Wildman–Crippen MR) is 62.1 cm³/mol. The SMILES string of the molecule is CC(C)COCC(C)NC1CCCOC1. The lowest BCUT2D eigenvalue weighted by Gasteiger charge is -2.26. The molecule has 1 aliphatic rings. The summed E-state index contributed by atoms with van der Waals surface area (Å²) in [6, 6.07) is 0.951. The van der Waals surface area contributed by atoms with Gasteiger partial charge in [-0.05, 0) is 25.7 Å². The van der Waals surface area contributed by atoms with E-state index in [2.05, 4.69) is 26.1 Å².